The summed E-state index contributed by atoms with van der Waals surface area (Å²) >= 11 is 3.37. The van der Waals surface area contributed by atoms with Crippen LogP contribution in [0.4, 0.5) is 0 Å². The Hall–Kier alpha value is -1.76. The first-order chi connectivity index (χ1) is 9.77. The van der Waals surface area contributed by atoms with Crippen molar-refractivity contribution in [1.29, 1.82) is 0 Å². The molecule has 0 N–H and O–H groups in total. The van der Waals surface area contributed by atoms with Crippen LogP contribution in [0.3, 0.4) is 0 Å². The summed E-state index contributed by atoms with van der Waals surface area (Å²) in [5.41, 5.74) is 0.607. The molecule has 0 saturated carbocycles. The average molecular weight is 337 g/mol. The SMILES string of the molecule is O=C(c1ccncc1Br)N1CCCCC1c1ncon1. The highest BCUT2D eigenvalue weighted by Crippen LogP contribution is 2.31. The van der Waals surface area contributed by atoms with Gasteiger partial charge in [0.15, 0.2) is 5.82 Å². The number of halogens is 1. The fourth-order valence-corrected chi connectivity index (χ4v) is 2.89. The second-order valence-electron chi connectivity index (χ2n) is 4.66. The first-order valence-electron chi connectivity index (χ1n) is 6.44. The lowest BCUT2D eigenvalue weighted by molar-refractivity contribution is 0.0595. The number of piperidine rings is 1. The molecule has 20 heavy (non-hydrogen) atoms. The third kappa shape index (κ3) is 2.45. The van der Waals surface area contributed by atoms with Crippen molar-refractivity contribution in [3.63, 3.8) is 0 Å². The van der Waals surface area contributed by atoms with Gasteiger partial charge in [-0.1, -0.05) is 5.16 Å². The van der Waals surface area contributed by atoms with Gasteiger partial charge in [-0.25, -0.2) is 0 Å². The number of carbonyl (C=O) groups is 1. The molecule has 1 saturated heterocycles. The highest BCUT2D eigenvalue weighted by atomic mass is 79.9. The van der Waals surface area contributed by atoms with Gasteiger partial charge in [-0.15, -0.1) is 0 Å². The lowest BCUT2D eigenvalue weighted by Gasteiger charge is -2.34. The van der Waals surface area contributed by atoms with Gasteiger partial charge in [0.05, 0.1) is 11.6 Å². The van der Waals surface area contributed by atoms with E-state index in [1.807, 2.05) is 4.90 Å². The van der Waals surface area contributed by atoms with Gasteiger partial charge < -0.3 is 9.42 Å². The molecule has 1 aliphatic heterocycles. The van der Waals surface area contributed by atoms with E-state index in [4.69, 9.17) is 4.52 Å². The third-order valence-corrected chi connectivity index (χ3v) is 4.07. The summed E-state index contributed by atoms with van der Waals surface area (Å²) in [6.07, 6.45) is 7.44. The minimum atomic E-state index is -0.116. The van der Waals surface area contributed by atoms with Crippen LogP contribution in [0.25, 0.3) is 0 Å². The Balaban J connectivity index is 1.90. The molecule has 1 aliphatic rings. The average Bonchev–Trinajstić information content (AvgIpc) is 3.01. The van der Waals surface area contributed by atoms with Crippen molar-refractivity contribution in [2.75, 3.05) is 6.54 Å². The van der Waals surface area contributed by atoms with Crippen LogP contribution in [0.5, 0.6) is 0 Å². The van der Waals surface area contributed by atoms with Crippen molar-refractivity contribution in [2.45, 2.75) is 25.3 Å². The molecule has 0 spiro atoms. The minimum absolute atomic E-state index is 0.0335. The first-order valence-corrected chi connectivity index (χ1v) is 7.23. The van der Waals surface area contributed by atoms with Gasteiger partial charge in [0.2, 0.25) is 6.39 Å². The lowest BCUT2D eigenvalue weighted by Crippen LogP contribution is -2.39. The molecule has 0 radical (unpaired) electrons. The Kier molecular flexibility index (Phi) is 3.77. The second kappa shape index (κ2) is 5.70. The summed E-state index contributed by atoms with van der Waals surface area (Å²) in [7, 11) is 0. The highest BCUT2D eigenvalue weighted by Gasteiger charge is 2.32. The highest BCUT2D eigenvalue weighted by molar-refractivity contribution is 9.10. The molecule has 0 aliphatic carbocycles. The van der Waals surface area contributed by atoms with E-state index in [0.29, 0.717) is 22.4 Å². The van der Waals surface area contributed by atoms with E-state index in [-0.39, 0.29) is 11.9 Å². The Morgan fingerprint density at radius 3 is 3.10 bits per heavy atom. The van der Waals surface area contributed by atoms with Gasteiger partial charge in [0.25, 0.3) is 5.91 Å². The number of rotatable bonds is 2. The lowest BCUT2D eigenvalue weighted by atomic mass is 10.0. The topological polar surface area (TPSA) is 72.1 Å². The Bertz CT molecular complexity index is 602. The monoisotopic (exact) mass is 336 g/mol. The molecule has 1 fully saturated rings. The summed E-state index contributed by atoms with van der Waals surface area (Å²) in [5, 5.41) is 3.88. The van der Waals surface area contributed by atoms with E-state index in [2.05, 4.69) is 31.1 Å². The van der Waals surface area contributed by atoms with Crippen LogP contribution in [0.1, 0.15) is 41.5 Å². The quantitative estimate of drug-likeness (QED) is 0.842. The van der Waals surface area contributed by atoms with Crippen molar-refractivity contribution in [2.24, 2.45) is 0 Å². The van der Waals surface area contributed by atoms with Gasteiger partial charge in [-0.05, 0) is 41.3 Å². The predicted molar refractivity (Wildman–Crippen MR) is 73.9 cm³/mol. The molecule has 7 heteroatoms. The van der Waals surface area contributed by atoms with Crippen molar-refractivity contribution >= 4 is 21.8 Å². The maximum Gasteiger partial charge on any atom is 0.255 e. The van der Waals surface area contributed by atoms with Crippen molar-refractivity contribution in [3.8, 4) is 0 Å². The van der Waals surface area contributed by atoms with Crippen LogP contribution in [0.15, 0.2) is 33.8 Å². The molecule has 1 unspecified atom stereocenters. The zero-order chi connectivity index (χ0) is 13.9. The van der Waals surface area contributed by atoms with Gasteiger partial charge in [0, 0.05) is 23.4 Å². The molecule has 3 heterocycles. The molecular weight excluding hydrogens is 324 g/mol. The number of amides is 1. The van der Waals surface area contributed by atoms with E-state index in [1.165, 1.54) is 6.39 Å². The number of nitrogens with zero attached hydrogens (tertiary/aromatic N) is 4. The zero-order valence-corrected chi connectivity index (χ0v) is 12.3. The summed E-state index contributed by atoms with van der Waals surface area (Å²) in [5.74, 6) is 0.539. The molecule has 104 valence electrons. The van der Waals surface area contributed by atoms with Crippen LogP contribution < -0.4 is 0 Å². The summed E-state index contributed by atoms with van der Waals surface area (Å²) < 4.78 is 5.50. The molecule has 1 atom stereocenters. The second-order valence-corrected chi connectivity index (χ2v) is 5.51. The molecule has 0 aromatic carbocycles. The van der Waals surface area contributed by atoms with Crippen LogP contribution in [0, 0.1) is 0 Å². The molecule has 1 amide bonds. The number of hydrogen-bond acceptors (Lipinski definition) is 5. The summed E-state index contributed by atoms with van der Waals surface area (Å²) in [6.45, 7) is 0.701. The Labute approximate surface area is 124 Å². The Morgan fingerprint density at radius 1 is 1.45 bits per heavy atom. The number of aromatic nitrogens is 3. The molecule has 0 bridgehead atoms. The number of likely N-dealkylation sites (tertiary alicyclic amines) is 1. The number of pyridine rings is 1. The Morgan fingerprint density at radius 2 is 2.35 bits per heavy atom. The standard InChI is InChI=1S/C13H13BrN4O2/c14-10-7-15-5-4-9(10)13(19)18-6-2-1-3-11(18)12-16-8-20-17-12/h4-5,7-8,11H,1-3,6H2. The summed E-state index contributed by atoms with van der Waals surface area (Å²) in [4.78, 5) is 22.6. The van der Waals surface area contributed by atoms with Crippen molar-refractivity contribution in [3.05, 3.63) is 40.7 Å². The van der Waals surface area contributed by atoms with E-state index in [9.17, 15) is 4.79 Å². The largest absolute Gasteiger partial charge is 0.343 e. The summed E-state index contributed by atoms with van der Waals surface area (Å²) in [6, 6.07) is 1.60. The minimum Gasteiger partial charge on any atom is -0.343 e. The molecule has 6 nitrogen and oxygen atoms in total. The maximum atomic E-state index is 12.7. The van der Waals surface area contributed by atoms with Gasteiger partial charge in [0.1, 0.15) is 0 Å². The first kappa shape index (κ1) is 13.2. The maximum absolute atomic E-state index is 12.7. The normalized spacial score (nSPS) is 19.1. The molecule has 3 rings (SSSR count). The van der Waals surface area contributed by atoms with Crippen LogP contribution in [-0.4, -0.2) is 32.5 Å². The third-order valence-electron chi connectivity index (χ3n) is 3.44. The van der Waals surface area contributed by atoms with Gasteiger partial charge >= 0.3 is 0 Å². The molecule has 2 aromatic rings. The fraction of sp³-hybridized carbons (Fsp3) is 0.385. The fourth-order valence-electron chi connectivity index (χ4n) is 2.47. The van der Waals surface area contributed by atoms with E-state index in [0.717, 1.165) is 19.3 Å². The van der Waals surface area contributed by atoms with Crippen LogP contribution in [0.2, 0.25) is 0 Å². The molecule has 2 aromatic heterocycles. The number of hydrogen-bond donors (Lipinski definition) is 0. The van der Waals surface area contributed by atoms with E-state index in [1.54, 1.807) is 18.5 Å². The van der Waals surface area contributed by atoms with Gasteiger partial charge in [-0.3, -0.25) is 9.78 Å². The van der Waals surface area contributed by atoms with E-state index < -0.39 is 0 Å². The van der Waals surface area contributed by atoms with Crippen molar-refractivity contribution < 1.29 is 9.32 Å². The van der Waals surface area contributed by atoms with E-state index >= 15 is 0 Å². The van der Waals surface area contributed by atoms with Crippen LogP contribution >= 0.6 is 15.9 Å². The zero-order valence-electron chi connectivity index (χ0n) is 10.7. The molecular formula is C13H13BrN4O2. The smallest absolute Gasteiger partial charge is 0.255 e. The van der Waals surface area contributed by atoms with Gasteiger partial charge in [-0.2, -0.15) is 4.98 Å². The number of carbonyl (C=O) groups excluding carboxylic acids is 1. The van der Waals surface area contributed by atoms with Crippen molar-refractivity contribution in [1.82, 2.24) is 20.0 Å². The van der Waals surface area contributed by atoms with Crippen LogP contribution in [-0.2, 0) is 0 Å². The predicted octanol–water partition coefficient (Wildman–Crippen LogP) is 2.59.